The van der Waals surface area contributed by atoms with Crippen molar-refractivity contribution in [3.05, 3.63) is 71.0 Å². The smallest absolute Gasteiger partial charge is 0.330 e. The maximum absolute atomic E-state index is 11.8. The molecule has 1 aromatic heterocycles. The van der Waals surface area contributed by atoms with Gasteiger partial charge >= 0.3 is 5.97 Å². The normalized spacial score (nSPS) is 11.6. The number of aliphatic hydroxyl groups is 1. The molecule has 4 N–H and O–H groups in total. The number of anilines is 1. The van der Waals surface area contributed by atoms with Gasteiger partial charge in [0.05, 0.1) is 33.6 Å². The van der Waals surface area contributed by atoms with Crippen LogP contribution < -0.4 is 19.5 Å². The Morgan fingerprint density at radius 3 is 2.38 bits per heavy atom. The highest BCUT2D eigenvalue weighted by molar-refractivity contribution is 5.80. The molecule has 34 heavy (non-hydrogen) atoms. The summed E-state index contributed by atoms with van der Waals surface area (Å²) >= 11 is 0. The Balaban J connectivity index is 1.68. The van der Waals surface area contributed by atoms with Gasteiger partial charge in [-0.3, -0.25) is 0 Å². The number of unbranched alkanes of at least 4 members (excludes halogenated alkanes) is 1. The first-order valence-corrected chi connectivity index (χ1v) is 11.1. The molecule has 8 nitrogen and oxygen atoms in total. The van der Waals surface area contributed by atoms with E-state index in [4.69, 9.17) is 14.2 Å². The number of H-pyrrole nitrogens is 1. The number of nitrogens with one attached hydrogen (secondary N) is 2. The van der Waals surface area contributed by atoms with Crippen LogP contribution in [-0.2, 0) is 24.2 Å². The van der Waals surface area contributed by atoms with Gasteiger partial charge in [0, 0.05) is 24.0 Å². The zero-order valence-corrected chi connectivity index (χ0v) is 19.8. The van der Waals surface area contributed by atoms with E-state index >= 15 is 0 Å². The highest BCUT2D eigenvalue weighted by atomic mass is 16.5. The Labute approximate surface area is 199 Å². The van der Waals surface area contributed by atoms with E-state index in [-0.39, 0.29) is 6.61 Å². The summed E-state index contributed by atoms with van der Waals surface area (Å²) in [6.45, 7) is -0.0811. The summed E-state index contributed by atoms with van der Waals surface area (Å²) in [5, 5.41) is 22.6. The largest absolute Gasteiger partial charge is 0.497 e. The molecular formula is C26H32N2O6. The van der Waals surface area contributed by atoms with Gasteiger partial charge in [-0.1, -0.05) is 6.07 Å². The average molecular weight is 469 g/mol. The number of aliphatic carboxylic acids is 1. The molecule has 1 unspecified atom stereocenters. The topological polar surface area (TPSA) is 113 Å². The van der Waals surface area contributed by atoms with E-state index in [1.807, 2.05) is 30.3 Å². The highest BCUT2D eigenvalue weighted by Crippen LogP contribution is 2.32. The second-order valence-corrected chi connectivity index (χ2v) is 7.93. The lowest BCUT2D eigenvalue weighted by Crippen LogP contribution is -2.20. The van der Waals surface area contributed by atoms with Crippen molar-refractivity contribution in [2.24, 2.45) is 0 Å². The monoisotopic (exact) mass is 468 g/mol. The molecule has 0 spiro atoms. The van der Waals surface area contributed by atoms with Crippen LogP contribution in [0, 0.1) is 0 Å². The zero-order valence-electron chi connectivity index (χ0n) is 19.8. The van der Waals surface area contributed by atoms with Gasteiger partial charge < -0.3 is 34.7 Å². The molecule has 0 aliphatic heterocycles. The van der Waals surface area contributed by atoms with Crippen LogP contribution in [0.3, 0.4) is 0 Å². The molecular weight excluding hydrogens is 436 g/mol. The zero-order chi connectivity index (χ0) is 24.5. The first-order valence-electron chi connectivity index (χ1n) is 11.1. The number of hydrogen-bond donors (Lipinski definition) is 4. The SMILES string of the molecule is COc1cc(CO)c(CCCCc2ccc(OC)c(NC(C(=O)O)c3cc[nH]c3)c2)c(OC)c1. The Kier molecular flexibility index (Phi) is 8.81. The molecule has 0 saturated heterocycles. The maximum Gasteiger partial charge on any atom is 0.330 e. The molecule has 8 heteroatoms. The summed E-state index contributed by atoms with van der Waals surface area (Å²) in [7, 11) is 4.76. The summed E-state index contributed by atoms with van der Waals surface area (Å²) < 4.78 is 16.2. The quantitative estimate of drug-likeness (QED) is 0.276. The molecule has 0 radical (unpaired) electrons. The first-order chi connectivity index (χ1) is 16.5. The van der Waals surface area contributed by atoms with Crippen molar-refractivity contribution >= 4 is 11.7 Å². The van der Waals surface area contributed by atoms with Crippen LogP contribution >= 0.6 is 0 Å². The van der Waals surface area contributed by atoms with Crippen LogP contribution in [0.25, 0.3) is 0 Å². The van der Waals surface area contributed by atoms with E-state index in [1.54, 1.807) is 39.8 Å². The van der Waals surface area contributed by atoms with Crippen LogP contribution in [0.1, 0.15) is 41.1 Å². The summed E-state index contributed by atoms with van der Waals surface area (Å²) in [4.78, 5) is 14.7. The van der Waals surface area contributed by atoms with Crippen LogP contribution in [0.5, 0.6) is 17.2 Å². The van der Waals surface area contributed by atoms with Crippen molar-refractivity contribution in [3.63, 3.8) is 0 Å². The van der Waals surface area contributed by atoms with Gasteiger partial charge in [-0.2, -0.15) is 0 Å². The van der Waals surface area contributed by atoms with Crippen molar-refractivity contribution < 1.29 is 29.2 Å². The van der Waals surface area contributed by atoms with Gasteiger partial charge in [-0.15, -0.1) is 0 Å². The third-order valence-electron chi connectivity index (χ3n) is 5.81. The number of carboxylic acids is 1. The molecule has 182 valence electrons. The standard InChI is InChI=1S/C26H32N2O6/c1-32-20-13-19(16-29)21(24(14-20)34-3)7-5-4-6-17-8-9-23(33-2)22(12-17)28-25(26(30)31)18-10-11-27-15-18/h8-15,25,27-29H,4-7,16H2,1-3H3,(H,30,31). The lowest BCUT2D eigenvalue weighted by Gasteiger charge is -2.18. The fourth-order valence-corrected chi connectivity index (χ4v) is 4.01. The van der Waals surface area contributed by atoms with Crippen LogP contribution in [-0.4, -0.2) is 42.5 Å². The van der Waals surface area contributed by atoms with Gasteiger partial charge in [-0.25, -0.2) is 4.79 Å². The molecule has 0 amide bonds. The maximum atomic E-state index is 11.8. The lowest BCUT2D eigenvalue weighted by molar-refractivity contribution is -0.138. The molecule has 0 aliphatic carbocycles. The molecule has 0 aliphatic rings. The van der Waals surface area contributed by atoms with E-state index in [0.29, 0.717) is 28.5 Å². The summed E-state index contributed by atoms with van der Waals surface area (Å²) in [6.07, 6.45) is 6.74. The number of rotatable bonds is 13. The van der Waals surface area contributed by atoms with Crippen molar-refractivity contribution in [1.29, 1.82) is 0 Å². The number of aliphatic hydroxyl groups excluding tert-OH is 1. The number of methoxy groups -OCH3 is 3. The van der Waals surface area contributed by atoms with E-state index in [9.17, 15) is 15.0 Å². The Bertz CT molecular complexity index is 1060. The Morgan fingerprint density at radius 2 is 1.76 bits per heavy atom. The third-order valence-corrected chi connectivity index (χ3v) is 5.81. The molecule has 1 atom stereocenters. The van der Waals surface area contributed by atoms with Gasteiger partial charge in [0.1, 0.15) is 17.2 Å². The molecule has 2 aromatic carbocycles. The first kappa shape index (κ1) is 25.0. The predicted molar refractivity (Wildman–Crippen MR) is 130 cm³/mol. The number of aromatic amines is 1. The van der Waals surface area contributed by atoms with Gasteiger partial charge in [0.2, 0.25) is 0 Å². The number of aromatic nitrogens is 1. The van der Waals surface area contributed by atoms with Crippen molar-refractivity contribution in [3.8, 4) is 17.2 Å². The van der Waals surface area contributed by atoms with Crippen LogP contribution in [0.2, 0.25) is 0 Å². The lowest BCUT2D eigenvalue weighted by atomic mass is 9.98. The second-order valence-electron chi connectivity index (χ2n) is 7.93. The summed E-state index contributed by atoms with van der Waals surface area (Å²) in [5.41, 5.74) is 4.13. The van der Waals surface area contributed by atoms with Crippen LogP contribution in [0.4, 0.5) is 5.69 Å². The number of aryl methyl sites for hydroxylation is 1. The number of benzene rings is 2. The minimum Gasteiger partial charge on any atom is -0.497 e. The average Bonchev–Trinajstić information content (AvgIpc) is 3.39. The minimum atomic E-state index is -0.972. The Morgan fingerprint density at radius 1 is 1.00 bits per heavy atom. The van der Waals surface area contributed by atoms with Gasteiger partial charge in [-0.05, 0) is 66.6 Å². The third kappa shape index (κ3) is 6.02. The summed E-state index contributed by atoms with van der Waals surface area (Å²) in [6, 6.07) is 10.3. The van der Waals surface area contributed by atoms with Crippen molar-refractivity contribution in [2.75, 3.05) is 26.6 Å². The van der Waals surface area contributed by atoms with E-state index < -0.39 is 12.0 Å². The van der Waals surface area contributed by atoms with Gasteiger partial charge in [0.15, 0.2) is 6.04 Å². The second kappa shape index (κ2) is 12.0. The molecule has 0 bridgehead atoms. The van der Waals surface area contributed by atoms with E-state index in [0.717, 1.165) is 42.4 Å². The van der Waals surface area contributed by atoms with Crippen molar-refractivity contribution in [1.82, 2.24) is 4.98 Å². The van der Waals surface area contributed by atoms with Crippen molar-refractivity contribution in [2.45, 2.75) is 38.3 Å². The van der Waals surface area contributed by atoms with E-state index in [2.05, 4.69) is 10.3 Å². The predicted octanol–water partition coefficient (Wildman–Crippen LogP) is 4.34. The minimum absolute atomic E-state index is 0.0811. The summed E-state index contributed by atoms with van der Waals surface area (Å²) in [5.74, 6) is 0.979. The fourth-order valence-electron chi connectivity index (χ4n) is 4.01. The number of carboxylic acid groups (broad SMARTS) is 1. The molecule has 3 rings (SSSR count). The Hall–Kier alpha value is -3.65. The number of hydrogen-bond acceptors (Lipinski definition) is 6. The van der Waals surface area contributed by atoms with Gasteiger partial charge in [0.25, 0.3) is 0 Å². The number of ether oxygens (including phenoxy) is 3. The fraction of sp³-hybridized carbons (Fsp3) is 0.346. The highest BCUT2D eigenvalue weighted by Gasteiger charge is 2.21. The molecule has 3 aromatic rings. The molecule has 0 saturated carbocycles. The van der Waals surface area contributed by atoms with Crippen LogP contribution in [0.15, 0.2) is 48.8 Å². The molecule has 1 heterocycles. The number of carbonyl (C=O) groups is 1. The molecule has 0 fully saturated rings. The van der Waals surface area contributed by atoms with E-state index in [1.165, 1.54) is 0 Å².